The largest absolute Gasteiger partial charge is 0.382 e. The Hall–Kier alpha value is -1.90. The Morgan fingerprint density at radius 3 is 2.61 bits per heavy atom. The van der Waals surface area contributed by atoms with Gasteiger partial charge in [0.25, 0.3) is 5.91 Å². The molecule has 28 heavy (non-hydrogen) atoms. The molecule has 1 aliphatic heterocycles. The van der Waals surface area contributed by atoms with E-state index in [9.17, 15) is 13.2 Å². The number of nitrogens with zero attached hydrogens (tertiary/aromatic N) is 1. The van der Waals surface area contributed by atoms with Crippen molar-refractivity contribution in [2.75, 3.05) is 13.2 Å². The van der Waals surface area contributed by atoms with E-state index in [4.69, 9.17) is 8.92 Å². The van der Waals surface area contributed by atoms with E-state index in [0.29, 0.717) is 18.0 Å². The van der Waals surface area contributed by atoms with E-state index in [1.807, 2.05) is 17.5 Å². The molecule has 0 spiro atoms. The maximum absolute atomic E-state index is 12.9. The monoisotopic (exact) mass is 423 g/mol. The van der Waals surface area contributed by atoms with Crippen LogP contribution in [0.1, 0.15) is 41.9 Å². The van der Waals surface area contributed by atoms with Crippen LogP contribution in [0.5, 0.6) is 5.75 Å². The van der Waals surface area contributed by atoms with Crippen molar-refractivity contribution < 1.29 is 22.1 Å². The summed E-state index contributed by atoms with van der Waals surface area (Å²) in [6.07, 6.45) is 2.03. The van der Waals surface area contributed by atoms with Crippen LogP contribution in [0.3, 0.4) is 0 Å². The highest BCUT2D eigenvalue weighted by Gasteiger charge is 2.24. The molecule has 0 bridgehead atoms. The fraction of sp³-hybridized carbons (Fsp3) is 0.450. The van der Waals surface area contributed by atoms with Crippen molar-refractivity contribution in [1.29, 1.82) is 0 Å². The molecule has 0 aliphatic carbocycles. The second-order valence-corrected chi connectivity index (χ2v) is 10.1. The molecule has 1 aliphatic rings. The van der Waals surface area contributed by atoms with E-state index in [1.165, 1.54) is 11.3 Å². The van der Waals surface area contributed by atoms with Gasteiger partial charge in [0.05, 0.1) is 16.2 Å². The minimum atomic E-state index is -3.63. The van der Waals surface area contributed by atoms with Crippen molar-refractivity contribution in [3.63, 3.8) is 0 Å². The van der Waals surface area contributed by atoms with Crippen molar-refractivity contribution in [2.24, 2.45) is 0 Å². The number of carbonyl (C=O) groups excluding carboxylic acids is 1. The minimum Gasteiger partial charge on any atom is -0.382 e. The van der Waals surface area contributed by atoms with Crippen molar-refractivity contribution in [3.8, 4) is 5.75 Å². The molecule has 1 unspecified atom stereocenters. The van der Waals surface area contributed by atoms with Crippen molar-refractivity contribution in [2.45, 2.75) is 44.6 Å². The summed E-state index contributed by atoms with van der Waals surface area (Å²) in [6.45, 7) is 4.85. The van der Waals surface area contributed by atoms with Crippen LogP contribution in [-0.4, -0.2) is 43.7 Å². The van der Waals surface area contributed by atoms with Gasteiger partial charge in [0.2, 0.25) is 0 Å². The van der Waals surface area contributed by atoms with Gasteiger partial charge in [0.15, 0.2) is 0 Å². The van der Waals surface area contributed by atoms with Gasteiger partial charge in [0.1, 0.15) is 5.75 Å². The van der Waals surface area contributed by atoms with Gasteiger partial charge in [-0.05, 0) is 55.8 Å². The zero-order valence-electron chi connectivity index (χ0n) is 16.0. The summed E-state index contributed by atoms with van der Waals surface area (Å²) in [7, 11) is -3.63. The lowest BCUT2D eigenvalue weighted by molar-refractivity contribution is 0.0511. The number of amides is 1. The Morgan fingerprint density at radius 2 is 2.04 bits per heavy atom. The molecule has 8 heteroatoms. The first kappa shape index (κ1) is 20.8. The van der Waals surface area contributed by atoms with Gasteiger partial charge in [0, 0.05) is 19.7 Å². The first-order valence-electron chi connectivity index (χ1n) is 9.32. The van der Waals surface area contributed by atoms with Gasteiger partial charge in [-0.2, -0.15) is 8.42 Å². The van der Waals surface area contributed by atoms with Crippen molar-refractivity contribution in [3.05, 3.63) is 52.2 Å². The summed E-state index contributed by atoms with van der Waals surface area (Å²) in [4.78, 5) is 15.4. The number of rotatable bonds is 8. The maximum atomic E-state index is 12.9. The van der Waals surface area contributed by atoms with Gasteiger partial charge >= 0.3 is 10.1 Å². The molecule has 152 valence electrons. The third-order valence-corrected chi connectivity index (χ3v) is 6.99. The predicted octanol–water partition coefficient (Wildman–Crippen LogP) is 3.69. The molecule has 1 amide bonds. The zero-order valence-corrected chi connectivity index (χ0v) is 17.7. The molecule has 2 aromatic rings. The van der Waals surface area contributed by atoms with Crippen LogP contribution in [0, 0.1) is 0 Å². The van der Waals surface area contributed by atoms with E-state index in [1.54, 1.807) is 43.0 Å². The number of ether oxygens (including phenoxy) is 1. The third-order valence-electron chi connectivity index (χ3n) is 4.55. The van der Waals surface area contributed by atoms with Crippen LogP contribution in [0.15, 0.2) is 41.8 Å². The van der Waals surface area contributed by atoms with Gasteiger partial charge in [-0.1, -0.05) is 18.2 Å². The normalized spacial score (nSPS) is 17.0. The summed E-state index contributed by atoms with van der Waals surface area (Å²) in [5, 5.41) is 1.27. The van der Waals surface area contributed by atoms with Crippen LogP contribution in [0.4, 0.5) is 0 Å². The average molecular weight is 424 g/mol. The molecule has 1 atom stereocenters. The van der Waals surface area contributed by atoms with E-state index in [2.05, 4.69) is 0 Å². The Labute approximate surface area is 170 Å². The van der Waals surface area contributed by atoms with Gasteiger partial charge in [-0.25, -0.2) is 0 Å². The van der Waals surface area contributed by atoms with Gasteiger partial charge < -0.3 is 13.8 Å². The molecule has 1 aromatic heterocycles. The summed E-state index contributed by atoms with van der Waals surface area (Å²) in [5.41, 5.74) is 0.900. The Morgan fingerprint density at radius 1 is 1.29 bits per heavy atom. The number of carbonyl (C=O) groups is 1. The lowest BCUT2D eigenvalue weighted by atomic mass is 10.1. The lowest BCUT2D eigenvalue weighted by Gasteiger charge is -2.25. The Kier molecular flexibility index (Phi) is 6.74. The number of benzene rings is 1. The van der Waals surface area contributed by atoms with E-state index in [0.717, 1.165) is 25.0 Å². The number of thiophene rings is 1. The van der Waals surface area contributed by atoms with Gasteiger partial charge in [-0.3, -0.25) is 4.79 Å². The molecule has 2 heterocycles. The molecule has 1 fully saturated rings. The lowest BCUT2D eigenvalue weighted by Crippen LogP contribution is -2.36. The Balaban J connectivity index is 1.71. The fourth-order valence-corrected chi connectivity index (χ4v) is 4.17. The first-order chi connectivity index (χ1) is 13.3. The third kappa shape index (κ3) is 5.33. The molecule has 0 N–H and O–H groups in total. The van der Waals surface area contributed by atoms with E-state index < -0.39 is 15.4 Å². The van der Waals surface area contributed by atoms with Gasteiger partial charge in [-0.15, -0.1) is 11.3 Å². The van der Waals surface area contributed by atoms with Crippen LogP contribution in [-0.2, 0) is 21.4 Å². The standard InChI is InChI=1S/C20H25NO5S2/c1-15(2)28(23,24)26-17-9-7-16(8-10-17)13-21(14-18-5-3-11-25-18)20(22)19-6-4-12-27-19/h4,6-10,12,15,18H,3,5,11,13-14H2,1-2H3. The van der Waals surface area contributed by atoms with Crippen LogP contribution in [0.25, 0.3) is 0 Å². The summed E-state index contributed by atoms with van der Waals surface area (Å²) in [6, 6.07) is 10.5. The number of hydrogen-bond donors (Lipinski definition) is 0. The Bertz CT molecular complexity index is 870. The van der Waals surface area contributed by atoms with Crippen LogP contribution >= 0.6 is 11.3 Å². The average Bonchev–Trinajstić information content (AvgIpc) is 3.35. The molecule has 0 radical (unpaired) electrons. The summed E-state index contributed by atoms with van der Waals surface area (Å²) in [5.74, 6) is 0.251. The summed E-state index contributed by atoms with van der Waals surface area (Å²) >= 11 is 1.42. The molecule has 0 saturated carbocycles. The quantitative estimate of drug-likeness (QED) is 0.606. The molecule has 1 saturated heterocycles. The van der Waals surface area contributed by atoms with E-state index in [-0.39, 0.29) is 17.8 Å². The fourth-order valence-electron chi connectivity index (χ4n) is 2.91. The summed E-state index contributed by atoms with van der Waals surface area (Å²) < 4.78 is 34.6. The molecule has 6 nitrogen and oxygen atoms in total. The molecular formula is C20H25NO5S2. The molecule has 3 rings (SSSR count). The minimum absolute atomic E-state index is 0.0202. The first-order valence-corrected chi connectivity index (χ1v) is 11.7. The zero-order chi connectivity index (χ0) is 20.1. The van der Waals surface area contributed by atoms with Crippen LogP contribution in [0.2, 0.25) is 0 Å². The maximum Gasteiger partial charge on any atom is 0.311 e. The van der Waals surface area contributed by atoms with Crippen molar-refractivity contribution >= 4 is 27.4 Å². The molecular weight excluding hydrogens is 398 g/mol. The molecule has 1 aromatic carbocycles. The highest BCUT2D eigenvalue weighted by molar-refractivity contribution is 7.87. The van der Waals surface area contributed by atoms with E-state index >= 15 is 0 Å². The second-order valence-electron chi connectivity index (χ2n) is 7.07. The highest BCUT2D eigenvalue weighted by Crippen LogP contribution is 2.21. The van der Waals surface area contributed by atoms with Crippen LogP contribution < -0.4 is 4.18 Å². The number of hydrogen-bond acceptors (Lipinski definition) is 6. The van der Waals surface area contributed by atoms with Crippen molar-refractivity contribution in [1.82, 2.24) is 4.90 Å². The highest BCUT2D eigenvalue weighted by atomic mass is 32.2. The topological polar surface area (TPSA) is 72.9 Å². The smallest absolute Gasteiger partial charge is 0.311 e. The second kappa shape index (κ2) is 9.07. The predicted molar refractivity (Wildman–Crippen MR) is 109 cm³/mol. The SMILES string of the molecule is CC(C)S(=O)(=O)Oc1ccc(CN(CC2CCCO2)C(=O)c2cccs2)cc1.